The molecule has 0 aliphatic carbocycles. The Morgan fingerprint density at radius 3 is 2.43 bits per heavy atom. The molecule has 0 atom stereocenters. The van der Waals surface area contributed by atoms with Crippen LogP contribution >= 0.6 is 27.5 Å². The first-order valence-electron chi connectivity index (χ1n) is 6.55. The zero-order valence-electron chi connectivity index (χ0n) is 12.0. The fourth-order valence-electron chi connectivity index (χ4n) is 1.90. The third-order valence-electron chi connectivity index (χ3n) is 3.02. The minimum absolute atomic E-state index is 0.0965. The summed E-state index contributed by atoms with van der Waals surface area (Å²) in [6.45, 7) is 1.61. The largest absolute Gasteiger partial charge is 0.417 e. The fraction of sp³-hybridized carbons (Fsp3) is 0.188. The Morgan fingerprint density at radius 1 is 1.17 bits per heavy atom. The summed E-state index contributed by atoms with van der Waals surface area (Å²) < 4.78 is 40.0. The number of alkyl halides is 3. The van der Waals surface area contributed by atoms with Crippen LogP contribution in [0.1, 0.15) is 23.6 Å². The Hall–Kier alpha value is -1.53. The molecular weight excluding hydrogens is 395 g/mol. The van der Waals surface area contributed by atoms with Gasteiger partial charge in [-0.25, -0.2) is 0 Å². The van der Waals surface area contributed by atoms with E-state index in [-0.39, 0.29) is 22.9 Å². The summed E-state index contributed by atoms with van der Waals surface area (Å²) >= 11 is 9.10. The van der Waals surface area contributed by atoms with Crippen LogP contribution in [0.2, 0.25) is 5.02 Å². The molecule has 0 aliphatic heterocycles. The lowest BCUT2D eigenvalue weighted by Gasteiger charge is -2.12. The Balaban J connectivity index is 2.17. The molecule has 2 aromatic rings. The molecular formula is C16H12BrClF3NO. The van der Waals surface area contributed by atoms with Gasteiger partial charge in [-0.2, -0.15) is 13.2 Å². The van der Waals surface area contributed by atoms with Crippen LogP contribution in [0.3, 0.4) is 0 Å². The molecule has 7 heteroatoms. The van der Waals surface area contributed by atoms with Gasteiger partial charge in [0.25, 0.3) is 0 Å². The van der Waals surface area contributed by atoms with E-state index in [0.717, 1.165) is 16.1 Å². The van der Waals surface area contributed by atoms with E-state index >= 15 is 0 Å². The van der Waals surface area contributed by atoms with Crippen molar-refractivity contribution in [2.45, 2.75) is 19.7 Å². The molecule has 2 aromatic carbocycles. The Kier molecular flexibility index (Phi) is 5.70. The summed E-state index contributed by atoms with van der Waals surface area (Å²) in [5.41, 5.74) is 0.0695. The average Bonchev–Trinajstić information content (AvgIpc) is 2.48. The Labute approximate surface area is 145 Å². The molecule has 0 aliphatic rings. The number of rotatable bonds is 4. The second-order valence-electron chi connectivity index (χ2n) is 4.76. The minimum atomic E-state index is -4.48. The van der Waals surface area contributed by atoms with Crippen LogP contribution < -0.4 is 0 Å². The predicted octanol–water partition coefficient (Wildman–Crippen LogP) is 6.06. The van der Waals surface area contributed by atoms with Gasteiger partial charge in [0.05, 0.1) is 11.3 Å². The zero-order chi connectivity index (χ0) is 17.0. The Morgan fingerprint density at radius 2 is 1.83 bits per heavy atom. The van der Waals surface area contributed by atoms with Crippen LogP contribution in [0.5, 0.6) is 0 Å². The first kappa shape index (κ1) is 17.8. The molecule has 0 N–H and O–H groups in total. The number of nitrogens with zero attached hydrogens (tertiary/aromatic N) is 1. The highest BCUT2D eigenvalue weighted by molar-refractivity contribution is 9.10. The van der Waals surface area contributed by atoms with Crippen LogP contribution in [0.4, 0.5) is 13.2 Å². The summed E-state index contributed by atoms with van der Waals surface area (Å²) in [5.74, 6) is 0. The quantitative estimate of drug-likeness (QED) is 0.446. The van der Waals surface area contributed by atoms with Crippen molar-refractivity contribution in [3.05, 3.63) is 68.7 Å². The van der Waals surface area contributed by atoms with Gasteiger partial charge in [0.2, 0.25) is 0 Å². The van der Waals surface area contributed by atoms with Gasteiger partial charge in [-0.1, -0.05) is 44.8 Å². The second-order valence-corrected chi connectivity index (χ2v) is 6.12. The number of benzene rings is 2. The highest BCUT2D eigenvalue weighted by atomic mass is 79.9. The third kappa shape index (κ3) is 4.97. The highest BCUT2D eigenvalue weighted by Gasteiger charge is 2.34. The highest BCUT2D eigenvalue weighted by Crippen LogP contribution is 2.33. The van der Waals surface area contributed by atoms with Gasteiger partial charge in [0, 0.05) is 15.1 Å². The third-order valence-corrected chi connectivity index (χ3v) is 3.79. The molecule has 23 heavy (non-hydrogen) atoms. The standard InChI is InChI=1S/C16H12BrClF3NO/c1-10(22-23-9-11-2-4-12(17)5-3-11)14-8-13(18)6-7-15(14)16(19,20)21/h2-8H,9H2,1H3/b22-10+. The first-order valence-corrected chi connectivity index (χ1v) is 7.72. The molecule has 0 aromatic heterocycles. The predicted molar refractivity (Wildman–Crippen MR) is 87.6 cm³/mol. The van der Waals surface area contributed by atoms with Crippen LogP contribution in [-0.4, -0.2) is 5.71 Å². The lowest BCUT2D eigenvalue weighted by Crippen LogP contribution is -2.12. The lowest BCUT2D eigenvalue weighted by molar-refractivity contribution is -0.137. The molecule has 2 nitrogen and oxygen atoms in total. The molecule has 0 amide bonds. The van der Waals surface area contributed by atoms with Crippen molar-refractivity contribution >= 4 is 33.2 Å². The van der Waals surface area contributed by atoms with E-state index in [1.807, 2.05) is 24.3 Å². The van der Waals surface area contributed by atoms with Crippen molar-refractivity contribution in [2.24, 2.45) is 5.16 Å². The van der Waals surface area contributed by atoms with E-state index in [9.17, 15) is 13.2 Å². The average molecular weight is 407 g/mol. The van der Waals surface area contributed by atoms with Gasteiger partial charge < -0.3 is 4.84 Å². The fourth-order valence-corrected chi connectivity index (χ4v) is 2.33. The number of hydrogen-bond acceptors (Lipinski definition) is 2. The number of oxime groups is 1. The zero-order valence-corrected chi connectivity index (χ0v) is 14.3. The van der Waals surface area contributed by atoms with Crippen molar-refractivity contribution < 1.29 is 18.0 Å². The molecule has 0 fully saturated rings. The smallest absolute Gasteiger partial charge is 0.391 e. The Bertz CT molecular complexity index is 714. The molecule has 0 saturated carbocycles. The van der Waals surface area contributed by atoms with Crippen molar-refractivity contribution in [3.63, 3.8) is 0 Å². The van der Waals surface area contributed by atoms with Gasteiger partial charge in [0.15, 0.2) is 0 Å². The van der Waals surface area contributed by atoms with Crippen molar-refractivity contribution in [2.75, 3.05) is 0 Å². The second kappa shape index (κ2) is 7.36. The van der Waals surface area contributed by atoms with Crippen molar-refractivity contribution in [3.8, 4) is 0 Å². The molecule has 0 saturated heterocycles. The topological polar surface area (TPSA) is 21.6 Å². The van der Waals surface area contributed by atoms with Gasteiger partial charge >= 0.3 is 6.18 Å². The molecule has 122 valence electrons. The van der Waals surface area contributed by atoms with Gasteiger partial charge in [0.1, 0.15) is 6.61 Å². The van der Waals surface area contributed by atoms with E-state index in [1.165, 1.54) is 19.1 Å². The van der Waals surface area contributed by atoms with Crippen molar-refractivity contribution in [1.82, 2.24) is 0 Å². The van der Waals surface area contributed by atoms with E-state index < -0.39 is 11.7 Å². The molecule has 0 radical (unpaired) electrons. The SMILES string of the molecule is C/C(=N\OCc1ccc(Br)cc1)c1cc(Cl)ccc1C(F)(F)F. The molecule has 0 spiro atoms. The minimum Gasteiger partial charge on any atom is -0.391 e. The summed E-state index contributed by atoms with van der Waals surface area (Å²) in [6.07, 6.45) is -4.48. The number of hydrogen-bond donors (Lipinski definition) is 0. The van der Waals surface area contributed by atoms with Crippen LogP contribution in [0, 0.1) is 0 Å². The van der Waals surface area contributed by atoms with Gasteiger partial charge in [-0.15, -0.1) is 0 Å². The molecule has 0 bridgehead atoms. The summed E-state index contributed by atoms with van der Waals surface area (Å²) in [7, 11) is 0. The van der Waals surface area contributed by atoms with Crippen LogP contribution in [0.25, 0.3) is 0 Å². The lowest BCUT2D eigenvalue weighted by atomic mass is 10.0. The first-order chi connectivity index (χ1) is 10.8. The maximum Gasteiger partial charge on any atom is 0.417 e. The van der Waals surface area contributed by atoms with Crippen molar-refractivity contribution in [1.29, 1.82) is 0 Å². The molecule has 0 heterocycles. The maximum atomic E-state index is 13.0. The van der Waals surface area contributed by atoms with Gasteiger partial charge in [-0.3, -0.25) is 0 Å². The molecule has 2 rings (SSSR count). The summed E-state index contributed by atoms with van der Waals surface area (Å²) in [5, 5.41) is 3.98. The maximum absolute atomic E-state index is 13.0. The van der Waals surface area contributed by atoms with E-state index in [2.05, 4.69) is 21.1 Å². The van der Waals surface area contributed by atoms with E-state index in [4.69, 9.17) is 16.4 Å². The number of halogens is 5. The normalized spacial score (nSPS) is 12.3. The monoisotopic (exact) mass is 405 g/mol. The van der Waals surface area contributed by atoms with Crippen LogP contribution in [0.15, 0.2) is 52.1 Å². The summed E-state index contributed by atoms with van der Waals surface area (Å²) in [4.78, 5) is 5.15. The van der Waals surface area contributed by atoms with Crippen LogP contribution in [-0.2, 0) is 17.6 Å². The summed E-state index contributed by atoms with van der Waals surface area (Å²) in [6, 6.07) is 10.7. The molecule has 0 unspecified atom stereocenters. The van der Waals surface area contributed by atoms with Gasteiger partial charge in [-0.05, 0) is 42.8 Å². The van der Waals surface area contributed by atoms with E-state index in [0.29, 0.717) is 0 Å². The van der Waals surface area contributed by atoms with E-state index in [1.54, 1.807) is 0 Å².